The summed E-state index contributed by atoms with van der Waals surface area (Å²) < 4.78 is 0. The molecule has 0 saturated carbocycles. The summed E-state index contributed by atoms with van der Waals surface area (Å²) in [7, 11) is 1.71. The Morgan fingerprint density at radius 1 is 1.07 bits per heavy atom. The van der Waals surface area contributed by atoms with E-state index < -0.39 is 5.97 Å². The monoisotopic (exact) mass is 366 g/mol. The van der Waals surface area contributed by atoms with Gasteiger partial charge in [-0.2, -0.15) is 0 Å². The van der Waals surface area contributed by atoms with Gasteiger partial charge in [-0.15, -0.1) is 0 Å². The van der Waals surface area contributed by atoms with Gasteiger partial charge in [-0.3, -0.25) is 9.59 Å². The lowest BCUT2D eigenvalue weighted by atomic mass is 10.1. The van der Waals surface area contributed by atoms with Crippen LogP contribution in [0.4, 0.5) is 0 Å². The lowest BCUT2D eigenvalue weighted by Crippen LogP contribution is -2.34. The number of carboxylic acids is 1. The van der Waals surface area contributed by atoms with Crippen LogP contribution in [0.1, 0.15) is 27.9 Å². The van der Waals surface area contributed by atoms with Gasteiger partial charge < -0.3 is 14.9 Å². The second kappa shape index (κ2) is 8.03. The number of amides is 2. The van der Waals surface area contributed by atoms with E-state index in [-0.39, 0.29) is 29.7 Å². The fraction of sp³-hybridized carbons (Fsp3) is 0.286. The minimum Gasteiger partial charge on any atom is -0.478 e. The van der Waals surface area contributed by atoms with E-state index in [9.17, 15) is 14.4 Å². The van der Waals surface area contributed by atoms with Crippen LogP contribution in [-0.2, 0) is 22.7 Å². The smallest absolute Gasteiger partial charge is 0.335 e. The average molecular weight is 366 g/mol. The van der Waals surface area contributed by atoms with E-state index >= 15 is 0 Å². The van der Waals surface area contributed by atoms with Crippen LogP contribution >= 0.6 is 0 Å². The molecule has 2 amide bonds. The molecule has 1 atom stereocenters. The van der Waals surface area contributed by atoms with Crippen molar-refractivity contribution in [3.63, 3.8) is 0 Å². The summed E-state index contributed by atoms with van der Waals surface area (Å²) in [6.45, 7) is 1.32. The Morgan fingerprint density at radius 3 is 2.37 bits per heavy atom. The minimum atomic E-state index is -0.978. The molecule has 1 aliphatic rings. The van der Waals surface area contributed by atoms with Crippen molar-refractivity contribution < 1.29 is 19.5 Å². The van der Waals surface area contributed by atoms with E-state index in [4.69, 9.17) is 5.11 Å². The molecule has 6 nitrogen and oxygen atoms in total. The molecule has 3 rings (SSSR count). The van der Waals surface area contributed by atoms with Crippen LogP contribution in [0.2, 0.25) is 0 Å². The van der Waals surface area contributed by atoms with E-state index in [1.165, 1.54) is 12.1 Å². The highest BCUT2D eigenvalue weighted by Crippen LogP contribution is 2.22. The maximum absolute atomic E-state index is 12.7. The first-order valence-electron chi connectivity index (χ1n) is 8.83. The molecule has 1 fully saturated rings. The van der Waals surface area contributed by atoms with Gasteiger partial charge in [0.2, 0.25) is 11.8 Å². The van der Waals surface area contributed by atoms with Crippen LogP contribution in [0.3, 0.4) is 0 Å². The third kappa shape index (κ3) is 4.53. The van der Waals surface area contributed by atoms with E-state index in [1.54, 1.807) is 29.0 Å². The largest absolute Gasteiger partial charge is 0.478 e. The molecule has 2 aromatic rings. The Kier molecular flexibility index (Phi) is 5.54. The maximum atomic E-state index is 12.7. The molecule has 6 heteroatoms. The van der Waals surface area contributed by atoms with E-state index in [0.29, 0.717) is 19.6 Å². The molecule has 0 radical (unpaired) electrons. The van der Waals surface area contributed by atoms with Crippen molar-refractivity contribution in [2.24, 2.45) is 5.92 Å². The summed E-state index contributed by atoms with van der Waals surface area (Å²) in [6.07, 6.45) is 0.230. The van der Waals surface area contributed by atoms with Crippen molar-refractivity contribution in [2.45, 2.75) is 19.5 Å². The molecule has 0 bridgehead atoms. The van der Waals surface area contributed by atoms with Gasteiger partial charge in [0, 0.05) is 33.1 Å². The van der Waals surface area contributed by atoms with Crippen molar-refractivity contribution in [3.8, 4) is 0 Å². The van der Waals surface area contributed by atoms with Gasteiger partial charge in [0.1, 0.15) is 0 Å². The molecule has 140 valence electrons. The van der Waals surface area contributed by atoms with Gasteiger partial charge in [0.05, 0.1) is 11.5 Å². The summed E-state index contributed by atoms with van der Waals surface area (Å²) in [6, 6.07) is 16.2. The SMILES string of the molecule is CN(Cc1ccc(C(=O)O)cc1)C(=O)C1CC(=O)N(Cc2ccccc2)C1. The number of benzene rings is 2. The second-order valence-corrected chi connectivity index (χ2v) is 6.86. The van der Waals surface area contributed by atoms with E-state index in [0.717, 1.165) is 11.1 Å². The van der Waals surface area contributed by atoms with Gasteiger partial charge in [0.15, 0.2) is 0 Å². The van der Waals surface area contributed by atoms with Gasteiger partial charge in [0.25, 0.3) is 0 Å². The van der Waals surface area contributed by atoms with Gasteiger partial charge >= 0.3 is 5.97 Å². The summed E-state index contributed by atoms with van der Waals surface area (Å²) in [5.74, 6) is -1.39. The normalized spacial score (nSPS) is 16.4. The van der Waals surface area contributed by atoms with Crippen LogP contribution in [-0.4, -0.2) is 46.3 Å². The lowest BCUT2D eigenvalue weighted by molar-refractivity contribution is -0.135. The zero-order chi connectivity index (χ0) is 19.4. The first kappa shape index (κ1) is 18.6. The lowest BCUT2D eigenvalue weighted by Gasteiger charge is -2.21. The molecular formula is C21H22N2O4. The van der Waals surface area contributed by atoms with Crippen LogP contribution in [0.25, 0.3) is 0 Å². The number of rotatable bonds is 6. The minimum absolute atomic E-state index is 0.00332. The highest BCUT2D eigenvalue weighted by Gasteiger charge is 2.35. The number of carbonyl (C=O) groups excluding carboxylic acids is 2. The number of hydrogen-bond donors (Lipinski definition) is 1. The quantitative estimate of drug-likeness (QED) is 0.852. The Labute approximate surface area is 158 Å². The zero-order valence-corrected chi connectivity index (χ0v) is 15.2. The molecule has 1 N–H and O–H groups in total. The molecule has 1 heterocycles. The highest BCUT2D eigenvalue weighted by atomic mass is 16.4. The van der Waals surface area contributed by atoms with Gasteiger partial charge in [-0.1, -0.05) is 42.5 Å². The molecule has 2 aromatic carbocycles. The molecular weight excluding hydrogens is 344 g/mol. The third-order valence-electron chi connectivity index (χ3n) is 4.78. The summed E-state index contributed by atoms with van der Waals surface area (Å²) in [4.78, 5) is 39.2. The Morgan fingerprint density at radius 2 is 1.74 bits per heavy atom. The van der Waals surface area contributed by atoms with Crippen LogP contribution in [0, 0.1) is 5.92 Å². The standard InChI is InChI=1S/C21H22N2O4/c1-22(12-16-7-9-17(10-8-16)21(26)27)20(25)18-11-19(24)23(14-18)13-15-5-3-2-4-6-15/h2-10,18H,11-14H2,1H3,(H,26,27). The Hall–Kier alpha value is -3.15. The van der Waals surface area contributed by atoms with Crippen molar-refractivity contribution in [3.05, 3.63) is 71.3 Å². The molecule has 27 heavy (non-hydrogen) atoms. The molecule has 1 unspecified atom stereocenters. The third-order valence-corrected chi connectivity index (χ3v) is 4.78. The molecule has 0 aliphatic carbocycles. The highest BCUT2D eigenvalue weighted by molar-refractivity contribution is 5.89. The Balaban J connectivity index is 1.58. The molecule has 0 aromatic heterocycles. The first-order chi connectivity index (χ1) is 12.9. The fourth-order valence-corrected chi connectivity index (χ4v) is 3.31. The summed E-state index contributed by atoms with van der Waals surface area (Å²) >= 11 is 0. The number of aromatic carboxylic acids is 1. The Bertz CT molecular complexity index is 833. The van der Waals surface area contributed by atoms with E-state index in [2.05, 4.69) is 0 Å². The van der Waals surface area contributed by atoms with Crippen molar-refractivity contribution >= 4 is 17.8 Å². The maximum Gasteiger partial charge on any atom is 0.335 e. The second-order valence-electron chi connectivity index (χ2n) is 6.86. The summed E-state index contributed by atoms with van der Waals surface area (Å²) in [5, 5.41) is 8.94. The van der Waals surface area contributed by atoms with Crippen LogP contribution in [0.5, 0.6) is 0 Å². The number of carbonyl (C=O) groups is 3. The van der Waals surface area contributed by atoms with Crippen LogP contribution < -0.4 is 0 Å². The number of likely N-dealkylation sites (tertiary alicyclic amines) is 1. The first-order valence-corrected chi connectivity index (χ1v) is 8.83. The molecule has 1 saturated heterocycles. The predicted octanol–water partition coefficient (Wildman–Crippen LogP) is 2.39. The molecule has 0 spiro atoms. The van der Waals surface area contributed by atoms with Gasteiger partial charge in [-0.05, 0) is 23.3 Å². The van der Waals surface area contributed by atoms with Gasteiger partial charge in [-0.25, -0.2) is 4.79 Å². The predicted molar refractivity (Wildman–Crippen MR) is 99.8 cm³/mol. The molecule has 1 aliphatic heterocycles. The topological polar surface area (TPSA) is 77.9 Å². The van der Waals surface area contributed by atoms with Crippen LogP contribution in [0.15, 0.2) is 54.6 Å². The number of carboxylic acid groups (broad SMARTS) is 1. The van der Waals surface area contributed by atoms with Crippen molar-refractivity contribution in [2.75, 3.05) is 13.6 Å². The van der Waals surface area contributed by atoms with Crippen molar-refractivity contribution in [1.82, 2.24) is 9.80 Å². The van der Waals surface area contributed by atoms with E-state index in [1.807, 2.05) is 30.3 Å². The van der Waals surface area contributed by atoms with Crippen molar-refractivity contribution in [1.29, 1.82) is 0 Å². The number of nitrogens with zero attached hydrogens (tertiary/aromatic N) is 2. The summed E-state index contributed by atoms with van der Waals surface area (Å²) in [5.41, 5.74) is 2.11. The average Bonchev–Trinajstić information content (AvgIpc) is 3.02. The zero-order valence-electron chi connectivity index (χ0n) is 15.2. The number of hydrogen-bond acceptors (Lipinski definition) is 3. The fourth-order valence-electron chi connectivity index (χ4n) is 3.31.